The minimum absolute atomic E-state index is 0.871. The molecule has 0 bridgehead atoms. The molecule has 0 saturated heterocycles. The molecule has 0 radical (unpaired) electrons. The number of rotatable bonds is 3. The fourth-order valence-electron chi connectivity index (χ4n) is 1.45. The predicted octanol–water partition coefficient (Wildman–Crippen LogP) is 0.675. The lowest BCUT2D eigenvalue weighted by molar-refractivity contribution is 0.381. The van der Waals surface area contributed by atoms with Gasteiger partial charge in [0, 0.05) is 24.5 Å². The Balaban J connectivity index is 0. The van der Waals surface area contributed by atoms with Crippen LogP contribution in [0.25, 0.3) is 0 Å². The lowest BCUT2D eigenvalue weighted by Crippen LogP contribution is -2.21. The van der Waals surface area contributed by atoms with Gasteiger partial charge in [0.1, 0.15) is 0 Å². The summed E-state index contributed by atoms with van der Waals surface area (Å²) in [6.45, 7) is 8.45. The van der Waals surface area contributed by atoms with Gasteiger partial charge < -0.3 is 10.6 Å². The van der Waals surface area contributed by atoms with Crippen molar-refractivity contribution >= 4 is 31.8 Å². The second-order valence-corrected chi connectivity index (χ2v) is 7.05. The number of hydrogen-bond acceptors (Lipinski definition) is 6. The molecule has 0 spiro atoms. The Morgan fingerprint density at radius 1 is 1.09 bits per heavy atom. The summed E-state index contributed by atoms with van der Waals surface area (Å²) >= 11 is 0. The zero-order valence-electron chi connectivity index (χ0n) is 13.6. The van der Waals surface area contributed by atoms with Gasteiger partial charge >= 0.3 is 10.4 Å². The van der Waals surface area contributed by atoms with Crippen molar-refractivity contribution in [1.29, 1.82) is 0 Å². The molecule has 0 aliphatic heterocycles. The van der Waals surface area contributed by atoms with Crippen LogP contribution < -0.4 is 15.8 Å². The molecule has 1 aromatic carbocycles. The first kappa shape index (κ1) is 23.9. The Hall–Kier alpha value is -1.40. The van der Waals surface area contributed by atoms with Crippen LogP contribution in [-0.4, -0.2) is 45.3 Å². The summed E-state index contributed by atoms with van der Waals surface area (Å²) in [7, 11) is -7.83. The van der Waals surface area contributed by atoms with E-state index in [9.17, 15) is 8.42 Å². The molecule has 6 N–H and O–H groups in total. The Bertz CT molecular complexity index is 624. The van der Waals surface area contributed by atoms with Gasteiger partial charge in [0.25, 0.3) is 0 Å². The van der Waals surface area contributed by atoms with Gasteiger partial charge in [-0.25, -0.2) is 13.6 Å². The number of nitrogen functional groups attached to an aromatic ring is 1. The highest BCUT2D eigenvalue weighted by molar-refractivity contribution is 7.88. The Morgan fingerprint density at radius 2 is 1.43 bits per heavy atom. The maximum Gasteiger partial charge on any atom is 0.394 e. The van der Waals surface area contributed by atoms with Crippen LogP contribution in [0, 0.1) is 6.92 Å². The van der Waals surface area contributed by atoms with Crippen LogP contribution in [0.1, 0.15) is 19.4 Å². The number of anilines is 2. The normalized spacial score (nSPS) is 10.7. The van der Waals surface area contributed by atoms with Crippen molar-refractivity contribution < 1.29 is 25.9 Å². The number of nitrogens with zero attached hydrogens (tertiary/aromatic N) is 1. The molecule has 0 unspecified atom stereocenters. The van der Waals surface area contributed by atoms with E-state index in [2.05, 4.69) is 36.0 Å². The minimum atomic E-state index is -4.67. The predicted molar refractivity (Wildman–Crippen MR) is 92.4 cm³/mol. The third-order valence-corrected chi connectivity index (χ3v) is 2.38. The summed E-state index contributed by atoms with van der Waals surface area (Å²) < 4.78 is 50.4. The van der Waals surface area contributed by atoms with E-state index >= 15 is 0 Å². The molecule has 0 fully saturated rings. The summed E-state index contributed by atoms with van der Waals surface area (Å²) in [4.78, 5) is 2.31. The summed E-state index contributed by atoms with van der Waals surface area (Å²) in [5, 5.41) is 4.33. The molecule has 136 valence electrons. The summed E-state index contributed by atoms with van der Waals surface area (Å²) in [5.41, 5.74) is 9.04. The molecule has 23 heavy (non-hydrogen) atoms. The van der Waals surface area contributed by atoms with E-state index in [0.29, 0.717) is 0 Å². The Morgan fingerprint density at radius 3 is 1.70 bits per heavy atom. The number of aryl methyl sites for hydroxylation is 1. The smallest absolute Gasteiger partial charge is 0.394 e. The van der Waals surface area contributed by atoms with E-state index in [1.165, 1.54) is 5.69 Å². The first-order valence-electron chi connectivity index (χ1n) is 6.47. The average Bonchev–Trinajstić information content (AvgIpc) is 2.31. The third kappa shape index (κ3) is 18.6. The maximum atomic E-state index is 9.41. The Labute approximate surface area is 137 Å². The average molecular weight is 371 g/mol. The largest absolute Gasteiger partial charge is 0.399 e. The fourth-order valence-corrected chi connectivity index (χ4v) is 1.45. The number of nitrogens with two attached hydrogens (primary N) is 2. The maximum absolute atomic E-state index is 9.41. The summed E-state index contributed by atoms with van der Waals surface area (Å²) in [6.07, 6.45) is 0.938. The highest BCUT2D eigenvalue weighted by atomic mass is 32.3. The van der Waals surface area contributed by atoms with Crippen molar-refractivity contribution in [2.24, 2.45) is 5.14 Å². The van der Waals surface area contributed by atoms with E-state index in [-0.39, 0.29) is 0 Å². The molecule has 1 aromatic rings. The first-order chi connectivity index (χ1) is 10.2. The molecule has 9 nitrogen and oxygen atoms in total. The van der Waals surface area contributed by atoms with Gasteiger partial charge in [-0.05, 0) is 44.5 Å². The first-order valence-corrected chi connectivity index (χ1v) is 9.82. The van der Waals surface area contributed by atoms with E-state index in [0.717, 1.165) is 30.6 Å². The number of primary sulfonamides is 1. The van der Waals surface area contributed by atoms with Crippen LogP contribution >= 0.6 is 0 Å². The number of sulfonamides is 1. The molecule has 0 atom stereocenters. The van der Waals surface area contributed by atoms with Gasteiger partial charge in [0.2, 0.25) is 10.0 Å². The summed E-state index contributed by atoms with van der Waals surface area (Å²) in [6, 6.07) is 6.20. The van der Waals surface area contributed by atoms with Crippen LogP contribution in [0.15, 0.2) is 18.2 Å². The zero-order valence-corrected chi connectivity index (χ0v) is 15.2. The molecule has 1 rings (SSSR count). The molecule has 0 amide bonds. The second-order valence-electron chi connectivity index (χ2n) is 4.49. The molecule has 0 aromatic heterocycles. The lowest BCUT2D eigenvalue weighted by Gasteiger charge is -2.21. The zero-order chi connectivity index (χ0) is 18.8. The van der Waals surface area contributed by atoms with Gasteiger partial charge in [0.15, 0.2) is 0 Å². The molecule has 0 aliphatic carbocycles. The van der Waals surface area contributed by atoms with Gasteiger partial charge in [-0.15, -0.1) is 0 Å². The molecule has 0 aliphatic rings. The fraction of sp³-hybridized carbons (Fsp3) is 0.500. The van der Waals surface area contributed by atoms with Crippen LogP contribution in [0.3, 0.4) is 0 Å². The van der Waals surface area contributed by atoms with Crippen molar-refractivity contribution in [2.45, 2.75) is 20.8 Å². The van der Waals surface area contributed by atoms with Gasteiger partial charge in [-0.3, -0.25) is 9.11 Å². The van der Waals surface area contributed by atoms with Crippen LogP contribution in [0.2, 0.25) is 0 Å². The van der Waals surface area contributed by atoms with Gasteiger partial charge in [0.05, 0.1) is 6.26 Å². The second kappa shape index (κ2) is 10.4. The van der Waals surface area contributed by atoms with Crippen molar-refractivity contribution in [3.8, 4) is 0 Å². The quantitative estimate of drug-likeness (QED) is 0.445. The van der Waals surface area contributed by atoms with E-state index in [1.807, 2.05) is 13.0 Å². The van der Waals surface area contributed by atoms with Gasteiger partial charge in [-0.2, -0.15) is 8.42 Å². The van der Waals surface area contributed by atoms with Gasteiger partial charge in [-0.1, -0.05) is 0 Å². The van der Waals surface area contributed by atoms with E-state index < -0.39 is 20.4 Å². The molecular weight excluding hydrogens is 346 g/mol. The topological polar surface area (TPSA) is 164 Å². The van der Waals surface area contributed by atoms with Crippen LogP contribution in [0.5, 0.6) is 0 Å². The molecule has 0 saturated carbocycles. The standard InChI is InChI=1S/C11H18N2.CH5NO2S.H2O4S/c1-4-13(5-2)10-6-7-11(12)9(3)8-10;2*1-5(2,3)4/h6-8H,4-5,12H2,1-3H3;1H3,(H2,2,3,4);(H2,1,2,3,4). The van der Waals surface area contributed by atoms with E-state index in [1.54, 1.807) is 0 Å². The monoisotopic (exact) mass is 371 g/mol. The molecule has 11 heteroatoms. The Kier molecular flexibility index (Phi) is 10.8. The van der Waals surface area contributed by atoms with Crippen molar-refractivity contribution in [2.75, 3.05) is 30.0 Å². The van der Waals surface area contributed by atoms with Crippen LogP contribution in [-0.2, 0) is 20.4 Å². The highest BCUT2D eigenvalue weighted by Crippen LogP contribution is 2.19. The molecular formula is C12H25N3O6S2. The third-order valence-electron chi connectivity index (χ3n) is 2.38. The highest BCUT2D eigenvalue weighted by Gasteiger charge is 2.02. The lowest BCUT2D eigenvalue weighted by atomic mass is 10.1. The van der Waals surface area contributed by atoms with Crippen LogP contribution in [0.4, 0.5) is 11.4 Å². The summed E-state index contributed by atoms with van der Waals surface area (Å²) in [5.74, 6) is 0. The van der Waals surface area contributed by atoms with Crippen molar-refractivity contribution in [1.82, 2.24) is 0 Å². The van der Waals surface area contributed by atoms with Crippen molar-refractivity contribution in [3.63, 3.8) is 0 Å². The number of hydrogen-bond donors (Lipinski definition) is 4. The van der Waals surface area contributed by atoms with E-state index in [4.69, 9.17) is 23.3 Å². The number of benzene rings is 1. The minimum Gasteiger partial charge on any atom is -0.399 e. The van der Waals surface area contributed by atoms with Crippen molar-refractivity contribution in [3.05, 3.63) is 23.8 Å². The molecule has 0 heterocycles. The SMILES string of the molecule is CCN(CC)c1ccc(N)c(C)c1.CS(N)(=O)=O.O=S(=O)(O)O.